The average Bonchev–Trinajstić information content (AvgIpc) is 3.43. The molecule has 2 saturated carbocycles. The van der Waals surface area contributed by atoms with Crippen molar-refractivity contribution in [1.29, 1.82) is 0 Å². The zero-order chi connectivity index (χ0) is 17.8. The number of carboxylic acid groups (broad SMARTS) is 1. The van der Waals surface area contributed by atoms with Crippen molar-refractivity contribution in [3.63, 3.8) is 0 Å². The molecule has 25 heavy (non-hydrogen) atoms. The lowest BCUT2D eigenvalue weighted by Crippen LogP contribution is -2.40. The molecule has 1 N–H and O–H groups in total. The molecule has 0 bridgehead atoms. The van der Waals surface area contributed by atoms with Crippen LogP contribution < -0.4 is 0 Å². The molecule has 3 rings (SSSR count). The van der Waals surface area contributed by atoms with Gasteiger partial charge in [0.15, 0.2) is 0 Å². The molecule has 1 aromatic rings. The van der Waals surface area contributed by atoms with Gasteiger partial charge in [-0.25, -0.2) is 0 Å². The van der Waals surface area contributed by atoms with E-state index < -0.39 is 5.97 Å². The first-order valence-electron chi connectivity index (χ1n) is 9.29. The van der Waals surface area contributed by atoms with Crippen molar-refractivity contribution >= 4 is 23.5 Å². The highest BCUT2D eigenvalue weighted by atomic mass is 35.5. The highest BCUT2D eigenvalue weighted by molar-refractivity contribution is 6.30. The number of amides is 1. The predicted molar refractivity (Wildman–Crippen MR) is 97.5 cm³/mol. The average molecular weight is 364 g/mol. The molecule has 2 aliphatic carbocycles. The van der Waals surface area contributed by atoms with E-state index in [4.69, 9.17) is 16.7 Å². The van der Waals surface area contributed by atoms with Crippen molar-refractivity contribution in [2.24, 2.45) is 17.8 Å². The zero-order valence-electron chi connectivity index (χ0n) is 14.5. The van der Waals surface area contributed by atoms with Crippen LogP contribution in [0.1, 0.15) is 44.1 Å². The van der Waals surface area contributed by atoms with Crippen LogP contribution in [-0.4, -0.2) is 35.0 Å². The molecule has 0 saturated heterocycles. The standard InChI is InChI=1S/C20H26ClNO3/c21-18-9-3-14(4-10-18)11-12-22(13-15-1-2-15)19(23)16-5-7-17(8-6-16)20(24)25/h3-4,9-10,15-17H,1-2,5-8,11-13H2,(H,24,25). The summed E-state index contributed by atoms with van der Waals surface area (Å²) in [4.78, 5) is 26.1. The molecule has 4 nitrogen and oxygen atoms in total. The van der Waals surface area contributed by atoms with Gasteiger partial charge in [0, 0.05) is 24.0 Å². The Bertz CT molecular complexity index is 604. The molecule has 136 valence electrons. The maximum atomic E-state index is 13.0. The van der Waals surface area contributed by atoms with Crippen LogP contribution in [0.25, 0.3) is 0 Å². The summed E-state index contributed by atoms with van der Waals surface area (Å²) in [5.41, 5.74) is 1.19. The highest BCUT2D eigenvalue weighted by Crippen LogP contribution is 2.33. The molecule has 0 unspecified atom stereocenters. The molecular formula is C20H26ClNO3. The molecule has 2 fully saturated rings. The van der Waals surface area contributed by atoms with Crippen LogP contribution in [0.15, 0.2) is 24.3 Å². The van der Waals surface area contributed by atoms with E-state index in [1.807, 2.05) is 29.2 Å². The van der Waals surface area contributed by atoms with Gasteiger partial charge in [0.25, 0.3) is 0 Å². The molecule has 0 heterocycles. The van der Waals surface area contributed by atoms with Crippen molar-refractivity contribution in [3.05, 3.63) is 34.9 Å². The summed E-state index contributed by atoms with van der Waals surface area (Å²) in [6.07, 6.45) is 5.93. The van der Waals surface area contributed by atoms with Crippen LogP contribution >= 0.6 is 11.6 Å². The molecule has 0 spiro atoms. The van der Waals surface area contributed by atoms with E-state index in [0.29, 0.717) is 31.6 Å². The third-order valence-electron chi connectivity index (χ3n) is 5.50. The van der Waals surface area contributed by atoms with Gasteiger partial charge in [-0.15, -0.1) is 0 Å². The van der Waals surface area contributed by atoms with Gasteiger partial charge in [-0.1, -0.05) is 23.7 Å². The largest absolute Gasteiger partial charge is 0.481 e. The van der Waals surface area contributed by atoms with E-state index >= 15 is 0 Å². The summed E-state index contributed by atoms with van der Waals surface area (Å²) in [6, 6.07) is 7.80. The smallest absolute Gasteiger partial charge is 0.306 e. The van der Waals surface area contributed by atoms with Crippen molar-refractivity contribution in [2.75, 3.05) is 13.1 Å². The monoisotopic (exact) mass is 363 g/mol. The van der Waals surface area contributed by atoms with Crippen LogP contribution in [0, 0.1) is 17.8 Å². The first-order chi connectivity index (χ1) is 12.0. The molecule has 1 amide bonds. The van der Waals surface area contributed by atoms with Crippen LogP contribution in [0.3, 0.4) is 0 Å². The van der Waals surface area contributed by atoms with Crippen LogP contribution in [-0.2, 0) is 16.0 Å². The number of nitrogens with zero attached hydrogens (tertiary/aromatic N) is 1. The number of rotatable bonds is 7. The molecular weight excluding hydrogens is 338 g/mol. The lowest BCUT2D eigenvalue weighted by Gasteiger charge is -2.31. The number of hydrogen-bond acceptors (Lipinski definition) is 2. The maximum Gasteiger partial charge on any atom is 0.306 e. The van der Waals surface area contributed by atoms with E-state index in [2.05, 4.69) is 0 Å². The minimum Gasteiger partial charge on any atom is -0.481 e. The fraction of sp³-hybridized carbons (Fsp3) is 0.600. The summed E-state index contributed by atoms with van der Waals surface area (Å²) in [5.74, 6) is -0.104. The van der Waals surface area contributed by atoms with Crippen LogP contribution in [0.4, 0.5) is 0 Å². The number of halogens is 1. The van der Waals surface area contributed by atoms with Crippen molar-refractivity contribution in [1.82, 2.24) is 4.90 Å². The van der Waals surface area contributed by atoms with Gasteiger partial charge in [-0.2, -0.15) is 0 Å². The zero-order valence-corrected chi connectivity index (χ0v) is 15.3. The lowest BCUT2D eigenvalue weighted by molar-refractivity contribution is -0.145. The van der Waals surface area contributed by atoms with Gasteiger partial charge in [0.2, 0.25) is 5.91 Å². The van der Waals surface area contributed by atoms with E-state index in [-0.39, 0.29) is 17.7 Å². The maximum absolute atomic E-state index is 13.0. The quantitative estimate of drug-likeness (QED) is 0.796. The number of benzene rings is 1. The Kier molecular flexibility index (Phi) is 6.00. The second-order valence-corrected chi connectivity index (χ2v) is 7.93. The van der Waals surface area contributed by atoms with E-state index in [0.717, 1.165) is 24.5 Å². The van der Waals surface area contributed by atoms with Gasteiger partial charge in [0.1, 0.15) is 0 Å². The summed E-state index contributed by atoms with van der Waals surface area (Å²) >= 11 is 5.93. The van der Waals surface area contributed by atoms with Gasteiger partial charge in [0.05, 0.1) is 5.92 Å². The van der Waals surface area contributed by atoms with Gasteiger partial charge in [-0.05, 0) is 68.6 Å². The summed E-state index contributed by atoms with van der Waals surface area (Å²) in [7, 11) is 0. The highest BCUT2D eigenvalue weighted by Gasteiger charge is 2.34. The SMILES string of the molecule is O=C(O)C1CCC(C(=O)N(CCc2ccc(Cl)cc2)CC2CC2)CC1. The molecule has 0 radical (unpaired) electrons. The first-order valence-corrected chi connectivity index (χ1v) is 9.66. The van der Waals surface area contributed by atoms with Crippen LogP contribution in [0.5, 0.6) is 0 Å². The van der Waals surface area contributed by atoms with E-state index in [1.165, 1.54) is 18.4 Å². The van der Waals surface area contributed by atoms with E-state index in [1.54, 1.807) is 0 Å². The Labute approximate surface area is 154 Å². The fourth-order valence-electron chi connectivity index (χ4n) is 3.66. The minimum absolute atomic E-state index is 0.000400. The summed E-state index contributed by atoms with van der Waals surface area (Å²) in [5, 5.41) is 9.85. The Balaban J connectivity index is 1.56. The summed E-state index contributed by atoms with van der Waals surface area (Å²) < 4.78 is 0. The molecule has 0 aromatic heterocycles. The Morgan fingerprint density at radius 3 is 2.16 bits per heavy atom. The third kappa shape index (κ3) is 5.21. The first kappa shape index (κ1) is 18.2. The van der Waals surface area contributed by atoms with E-state index in [9.17, 15) is 9.59 Å². The number of carbonyl (C=O) groups is 2. The lowest BCUT2D eigenvalue weighted by atomic mass is 9.81. The molecule has 0 atom stereocenters. The second kappa shape index (κ2) is 8.22. The number of aliphatic carboxylic acids is 1. The topological polar surface area (TPSA) is 57.6 Å². The number of carboxylic acids is 1. The van der Waals surface area contributed by atoms with Gasteiger partial charge in [-0.3, -0.25) is 9.59 Å². The number of hydrogen-bond donors (Lipinski definition) is 1. The fourth-order valence-corrected chi connectivity index (χ4v) is 3.79. The third-order valence-corrected chi connectivity index (χ3v) is 5.75. The minimum atomic E-state index is -0.719. The molecule has 2 aliphatic rings. The number of carbonyl (C=O) groups excluding carboxylic acids is 1. The van der Waals surface area contributed by atoms with Gasteiger partial charge < -0.3 is 10.0 Å². The van der Waals surface area contributed by atoms with Crippen molar-refractivity contribution in [2.45, 2.75) is 44.9 Å². The molecule has 0 aliphatic heterocycles. The van der Waals surface area contributed by atoms with Crippen molar-refractivity contribution < 1.29 is 14.7 Å². The van der Waals surface area contributed by atoms with Gasteiger partial charge >= 0.3 is 5.97 Å². The predicted octanol–water partition coefficient (Wildman–Crippen LogP) is 4.01. The molecule has 1 aromatic carbocycles. The van der Waals surface area contributed by atoms with Crippen LogP contribution in [0.2, 0.25) is 5.02 Å². The normalized spacial score (nSPS) is 23.2. The second-order valence-electron chi connectivity index (χ2n) is 7.49. The Morgan fingerprint density at radius 2 is 1.60 bits per heavy atom. The Hall–Kier alpha value is -1.55. The Morgan fingerprint density at radius 1 is 1.00 bits per heavy atom. The van der Waals surface area contributed by atoms with Crippen molar-refractivity contribution in [3.8, 4) is 0 Å². The summed E-state index contributed by atoms with van der Waals surface area (Å²) in [6.45, 7) is 1.58. The molecule has 5 heteroatoms.